The minimum absolute atomic E-state index is 0.0996. The molecule has 6 nitrogen and oxygen atoms in total. The highest BCUT2D eigenvalue weighted by Gasteiger charge is 2.17. The molecule has 1 aliphatic heterocycles. The number of hydrogen-bond acceptors (Lipinski definition) is 5. The third-order valence-corrected chi connectivity index (χ3v) is 3.63. The molecule has 1 unspecified atom stereocenters. The predicted octanol–water partition coefficient (Wildman–Crippen LogP) is 0.457. The van der Waals surface area contributed by atoms with E-state index in [0.717, 1.165) is 24.8 Å². The Kier molecular flexibility index (Phi) is 4.38. The maximum Gasteiger partial charge on any atom is 0.313 e. The lowest BCUT2D eigenvalue weighted by atomic mass is 10.1. The van der Waals surface area contributed by atoms with Crippen LogP contribution in [0.2, 0.25) is 0 Å². The summed E-state index contributed by atoms with van der Waals surface area (Å²) in [6.45, 7) is 2.17. The van der Waals surface area contributed by atoms with Crippen molar-refractivity contribution in [3.8, 4) is 0 Å². The van der Waals surface area contributed by atoms with Crippen LogP contribution in [0.25, 0.3) is 0 Å². The van der Waals surface area contributed by atoms with Crippen LogP contribution in [0.4, 0.5) is 0 Å². The van der Waals surface area contributed by atoms with Crippen LogP contribution in [-0.2, 0) is 16.1 Å². The van der Waals surface area contributed by atoms with Gasteiger partial charge in [-0.05, 0) is 6.42 Å². The highest BCUT2D eigenvalue weighted by Crippen LogP contribution is 2.19. The minimum Gasteiger partial charge on any atom is -0.481 e. The summed E-state index contributed by atoms with van der Waals surface area (Å²) in [5, 5.41) is 9.12. The number of thioether (sulfide) groups is 1. The van der Waals surface area contributed by atoms with Gasteiger partial charge in [-0.2, -0.15) is 4.98 Å². The molecule has 1 N–H and O–H groups in total. The third kappa shape index (κ3) is 3.58. The Hall–Kier alpha value is -1.34. The molecule has 0 aromatic carbocycles. The molecular formula is C11H14N2O4S. The zero-order valence-corrected chi connectivity index (χ0v) is 10.6. The normalized spacial score (nSPS) is 19.0. The van der Waals surface area contributed by atoms with Gasteiger partial charge in [-0.3, -0.25) is 9.59 Å². The van der Waals surface area contributed by atoms with Gasteiger partial charge in [0.2, 0.25) is 0 Å². The number of carbonyl (C=O) groups is 1. The molecule has 0 saturated carbocycles. The summed E-state index contributed by atoms with van der Waals surface area (Å²) in [7, 11) is 0. The van der Waals surface area contributed by atoms with E-state index in [-0.39, 0.29) is 11.3 Å². The first-order valence-electron chi connectivity index (χ1n) is 5.65. The number of ether oxygens (including phenoxy) is 1. The van der Waals surface area contributed by atoms with Crippen molar-refractivity contribution >= 4 is 17.7 Å². The fourth-order valence-electron chi connectivity index (χ4n) is 1.80. The van der Waals surface area contributed by atoms with Crippen molar-refractivity contribution in [3.05, 3.63) is 22.6 Å². The summed E-state index contributed by atoms with van der Waals surface area (Å²) in [5.74, 6) is -0.621. The topological polar surface area (TPSA) is 81.4 Å². The summed E-state index contributed by atoms with van der Waals surface area (Å²) in [4.78, 5) is 25.6. The minimum atomic E-state index is -0.922. The molecule has 1 fully saturated rings. The van der Waals surface area contributed by atoms with Crippen LogP contribution in [0.15, 0.2) is 22.2 Å². The van der Waals surface area contributed by atoms with Crippen molar-refractivity contribution < 1.29 is 14.6 Å². The predicted molar refractivity (Wildman–Crippen MR) is 65.8 cm³/mol. The van der Waals surface area contributed by atoms with Crippen LogP contribution in [0.3, 0.4) is 0 Å². The molecule has 7 heteroatoms. The number of hydrogen-bond donors (Lipinski definition) is 1. The van der Waals surface area contributed by atoms with Gasteiger partial charge in [-0.15, -0.1) is 0 Å². The monoisotopic (exact) mass is 270 g/mol. The van der Waals surface area contributed by atoms with Crippen molar-refractivity contribution in [2.75, 3.05) is 19.0 Å². The van der Waals surface area contributed by atoms with Gasteiger partial charge in [0.1, 0.15) is 0 Å². The highest BCUT2D eigenvalue weighted by atomic mass is 32.2. The van der Waals surface area contributed by atoms with Crippen molar-refractivity contribution in [2.24, 2.45) is 5.92 Å². The van der Waals surface area contributed by atoms with E-state index in [1.165, 1.54) is 6.07 Å². The van der Waals surface area contributed by atoms with E-state index in [1.54, 1.807) is 6.20 Å². The first-order chi connectivity index (χ1) is 8.65. The molecule has 18 heavy (non-hydrogen) atoms. The molecular weight excluding hydrogens is 256 g/mol. The Labute approximate surface area is 108 Å². The van der Waals surface area contributed by atoms with E-state index in [0.29, 0.717) is 24.2 Å². The Morgan fingerprint density at radius 2 is 2.50 bits per heavy atom. The SMILES string of the molecule is O=C(O)CSc1nc(=O)ccn1CC1CCOC1. The number of carboxylic acid groups (broad SMARTS) is 1. The Morgan fingerprint density at radius 3 is 3.17 bits per heavy atom. The van der Waals surface area contributed by atoms with E-state index in [1.807, 2.05) is 4.57 Å². The van der Waals surface area contributed by atoms with Gasteiger partial charge in [0.15, 0.2) is 5.16 Å². The van der Waals surface area contributed by atoms with Gasteiger partial charge in [0.05, 0.1) is 12.4 Å². The van der Waals surface area contributed by atoms with Gasteiger partial charge in [0, 0.05) is 31.3 Å². The van der Waals surface area contributed by atoms with Crippen molar-refractivity contribution in [3.63, 3.8) is 0 Å². The molecule has 98 valence electrons. The summed E-state index contributed by atoms with van der Waals surface area (Å²) < 4.78 is 7.12. The zero-order valence-electron chi connectivity index (χ0n) is 9.74. The molecule has 0 spiro atoms. The van der Waals surface area contributed by atoms with Crippen LogP contribution in [0, 0.1) is 5.92 Å². The Bertz CT molecular complexity index is 482. The zero-order chi connectivity index (χ0) is 13.0. The second kappa shape index (κ2) is 6.01. The van der Waals surface area contributed by atoms with Crippen molar-refractivity contribution in [1.29, 1.82) is 0 Å². The summed E-state index contributed by atoms with van der Waals surface area (Å²) in [5.41, 5.74) is -0.346. The molecule has 2 rings (SSSR count). The first kappa shape index (κ1) is 13.1. The summed E-state index contributed by atoms with van der Waals surface area (Å²) in [6, 6.07) is 1.39. The maximum absolute atomic E-state index is 11.2. The maximum atomic E-state index is 11.2. The first-order valence-corrected chi connectivity index (χ1v) is 6.63. The van der Waals surface area contributed by atoms with Crippen LogP contribution in [0.5, 0.6) is 0 Å². The van der Waals surface area contributed by atoms with Crippen LogP contribution in [-0.4, -0.2) is 39.6 Å². The lowest BCUT2D eigenvalue weighted by Gasteiger charge is -2.14. The smallest absolute Gasteiger partial charge is 0.313 e. The Morgan fingerprint density at radius 1 is 1.67 bits per heavy atom. The lowest BCUT2D eigenvalue weighted by molar-refractivity contribution is -0.133. The third-order valence-electron chi connectivity index (χ3n) is 2.65. The largest absolute Gasteiger partial charge is 0.481 e. The van der Waals surface area contributed by atoms with Gasteiger partial charge in [0.25, 0.3) is 5.56 Å². The highest BCUT2D eigenvalue weighted by molar-refractivity contribution is 7.99. The molecule has 1 aromatic rings. The van der Waals surface area contributed by atoms with E-state index in [9.17, 15) is 9.59 Å². The second-order valence-corrected chi connectivity index (χ2v) is 5.06. The molecule has 1 atom stereocenters. The average Bonchev–Trinajstić information content (AvgIpc) is 2.82. The number of aromatic nitrogens is 2. The van der Waals surface area contributed by atoms with E-state index in [4.69, 9.17) is 9.84 Å². The lowest BCUT2D eigenvalue weighted by Crippen LogP contribution is -2.18. The van der Waals surface area contributed by atoms with Crippen LogP contribution < -0.4 is 5.56 Å². The summed E-state index contributed by atoms with van der Waals surface area (Å²) >= 11 is 1.06. The molecule has 2 heterocycles. The van der Waals surface area contributed by atoms with Crippen LogP contribution in [0.1, 0.15) is 6.42 Å². The standard InChI is InChI=1S/C11H14N2O4S/c14-9-1-3-13(5-8-2-4-17-6-8)11(12-9)18-7-10(15)16/h1,3,8H,2,4-7H2,(H,15,16). The van der Waals surface area contributed by atoms with E-state index in [2.05, 4.69) is 4.98 Å². The number of aliphatic carboxylic acids is 1. The van der Waals surface area contributed by atoms with Gasteiger partial charge >= 0.3 is 5.97 Å². The molecule has 1 aliphatic rings. The molecule has 0 bridgehead atoms. The van der Waals surface area contributed by atoms with E-state index < -0.39 is 5.97 Å². The second-order valence-electron chi connectivity index (χ2n) is 4.11. The quantitative estimate of drug-likeness (QED) is 0.618. The summed E-state index contributed by atoms with van der Waals surface area (Å²) in [6.07, 6.45) is 2.65. The number of rotatable bonds is 5. The van der Waals surface area contributed by atoms with Gasteiger partial charge < -0.3 is 14.4 Å². The number of nitrogens with zero attached hydrogens (tertiary/aromatic N) is 2. The van der Waals surface area contributed by atoms with Crippen molar-refractivity contribution in [1.82, 2.24) is 9.55 Å². The van der Waals surface area contributed by atoms with Gasteiger partial charge in [-0.1, -0.05) is 11.8 Å². The molecule has 0 radical (unpaired) electrons. The molecule has 0 aliphatic carbocycles. The molecule has 1 saturated heterocycles. The van der Waals surface area contributed by atoms with Crippen LogP contribution >= 0.6 is 11.8 Å². The van der Waals surface area contributed by atoms with E-state index >= 15 is 0 Å². The average molecular weight is 270 g/mol. The molecule has 0 amide bonds. The fourth-order valence-corrected chi connectivity index (χ4v) is 2.51. The van der Waals surface area contributed by atoms with Crippen molar-refractivity contribution in [2.45, 2.75) is 18.1 Å². The molecule has 1 aromatic heterocycles. The van der Waals surface area contributed by atoms with Gasteiger partial charge in [-0.25, -0.2) is 0 Å². The number of carboxylic acids is 1. The Balaban J connectivity index is 2.11. The fraction of sp³-hybridized carbons (Fsp3) is 0.545.